The third kappa shape index (κ3) is 3.47. The lowest BCUT2D eigenvalue weighted by Crippen LogP contribution is -2.37. The molecule has 0 spiro atoms. The van der Waals surface area contributed by atoms with E-state index in [-0.39, 0.29) is 5.43 Å². The molecular formula is C23H22O7. The minimum atomic E-state index is -1.41. The summed E-state index contributed by atoms with van der Waals surface area (Å²) in [6, 6.07) is 10.1. The molecule has 2 aromatic carbocycles. The molecule has 1 aromatic heterocycles. The lowest BCUT2D eigenvalue weighted by Gasteiger charge is -2.21. The number of carboxylic acid groups (broad SMARTS) is 1. The maximum absolute atomic E-state index is 13.3. The minimum Gasteiger partial charge on any atom is -0.486 e. The second-order valence-corrected chi connectivity index (χ2v) is 7.52. The Balaban J connectivity index is 1.82. The molecule has 0 saturated heterocycles. The molecule has 0 fully saturated rings. The van der Waals surface area contributed by atoms with Gasteiger partial charge in [-0.1, -0.05) is 13.0 Å². The van der Waals surface area contributed by atoms with E-state index in [4.69, 9.17) is 18.6 Å². The number of benzene rings is 2. The van der Waals surface area contributed by atoms with Crippen molar-refractivity contribution >= 4 is 16.9 Å². The standard InChI is InChI=1S/C23H22O7/c1-4-16-20(13-5-8-17-19(11-13)28-10-9-27-17)21(24)15-7-6-14(12-18(15)29-16)30-23(2,3)22(25)26/h5-8,11-12H,4,9-10H2,1-3H3,(H,25,26). The van der Waals surface area contributed by atoms with E-state index in [9.17, 15) is 14.7 Å². The van der Waals surface area contributed by atoms with Crippen LogP contribution in [-0.4, -0.2) is 29.9 Å². The fourth-order valence-electron chi connectivity index (χ4n) is 3.36. The van der Waals surface area contributed by atoms with Crippen molar-refractivity contribution in [3.8, 4) is 28.4 Å². The van der Waals surface area contributed by atoms with E-state index in [1.807, 2.05) is 13.0 Å². The molecule has 0 saturated carbocycles. The summed E-state index contributed by atoms with van der Waals surface area (Å²) in [6.45, 7) is 5.77. The Morgan fingerprint density at radius 3 is 2.53 bits per heavy atom. The summed E-state index contributed by atoms with van der Waals surface area (Å²) in [4.78, 5) is 24.6. The smallest absolute Gasteiger partial charge is 0.347 e. The maximum atomic E-state index is 13.3. The molecule has 0 bridgehead atoms. The van der Waals surface area contributed by atoms with Crippen molar-refractivity contribution in [2.75, 3.05) is 13.2 Å². The largest absolute Gasteiger partial charge is 0.486 e. The Kier molecular flexibility index (Phi) is 4.89. The lowest BCUT2D eigenvalue weighted by molar-refractivity contribution is -0.152. The molecule has 156 valence electrons. The van der Waals surface area contributed by atoms with Crippen LogP contribution >= 0.6 is 0 Å². The van der Waals surface area contributed by atoms with E-state index < -0.39 is 11.6 Å². The summed E-state index contributed by atoms with van der Waals surface area (Å²) in [5, 5.41) is 9.66. The van der Waals surface area contributed by atoms with Crippen LogP contribution in [0.3, 0.4) is 0 Å². The predicted octanol–water partition coefficient (Wildman–Crippen LogP) is 4.04. The van der Waals surface area contributed by atoms with Gasteiger partial charge in [-0.05, 0) is 43.7 Å². The molecule has 0 unspecified atom stereocenters. The highest BCUT2D eigenvalue weighted by atomic mass is 16.6. The van der Waals surface area contributed by atoms with Crippen molar-refractivity contribution in [1.82, 2.24) is 0 Å². The average Bonchev–Trinajstić information content (AvgIpc) is 2.72. The van der Waals surface area contributed by atoms with E-state index >= 15 is 0 Å². The van der Waals surface area contributed by atoms with E-state index in [1.165, 1.54) is 13.8 Å². The Morgan fingerprint density at radius 2 is 1.83 bits per heavy atom. The van der Waals surface area contributed by atoms with Gasteiger partial charge in [0.05, 0.1) is 10.9 Å². The Labute approximate surface area is 172 Å². The third-order valence-electron chi connectivity index (χ3n) is 4.98. The molecule has 30 heavy (non-hydrogen) atoms. The fourth-order valence-corrected chi connectivity index (χ4v) is 3.36. The minimum absolute atomic E-state index is 0.172. The summed E-state index contributed by atoms with van der Waals surface area (Å²) in [5.41, 5.74) is -0.0709. The number of carbonyl (C=O) groups is 1. The summed E-state index contributed by atoms with van der Waals surface area (Å²) in [7, 11) is 0. The van der Waals surface area contributed by atoms with Crippen molar-refractivity contribution in [3.05, 3.63) is 52.4 Å². The Morgan fingerprint density at radius 1 is 1.10 bits per heavy atom. The highest BCUT2D eigenvalue weighted by Crippen LogP contribution is 2.36. The first-order valence-corrected chi connectivity index (χ1v) is 9.72. The van der Waals surface area contributed by atoms with Crippen molar-refractivity contribution in [2.45, 2.75) is 32.8 Å². The zero-order chi connectivity index (χ0) is 21.5. The third-order valence-corrected chi connectivity index (χ3v) is 4.98. The van der Waals surface area contributed by atoms with E-state index in [2.05, 4.69) is 0 Å². The highest BCUT2D eigenvalue weighted by molar-refractivity contribution is 5.84. The molecule has 7 heteroatoms. The Hall–Kier alpha value is -3.48. The number of ether oxygens (including phenoxy) is 3. The summed E-state index contributed by atoms with van der Waals surface area (Å²) in [5.74, 6) is 0.995. The van der Waals surface area contributed by atoms with Gasteiger partial charge in [-0.15, -0.1) is 0 Å². The first-order chi connectivity index (χ1) is 14.3. The first-order valence-electron chi connectivity index (χ1n) is 9.72. The van der Waals surface area contributed by atoms with Gasteiger partial charge in [0.2, 0.25) is 5.43 Å². The van der Waals surface area contributed by atoms with Crippen molar-refractivity contribution in [2.24, 2.45) is 0 Å². The van der Waals surface area contributed by atoms with Crippen LogP contribution in [-0.2, 0) is 11.2 Å². The topological polar surface area (TPSA) is 95.2 Å². The van der Waals surface area contributed by atoms with Gasteiger partial charge in [0.15, 0.2) is 17.1 Å². The van der Waals surface area contributed by atoms with Gasteiger partial charge in [-0.3, -0.25) is 4.79 Å². The van der Waals surface area contributed by atoms with Gasteiger partial charge in [0, 0.05) is 12.5 Å². The van der Waals surface area contributed by atoms with Crippen LogP contribution in [0.15, 0.2) is 45.6 Å². The molecule has 0 atom stereocenters. The maximum Gasteiger partial charge on any atom is 0.347 e. The molecule has 1 N–H and O–H groups in total. The van der Waals surface area contributed by atoms with E-state index in [0.29, 0.717) is 64.7 Å². The zero-order valence-electron chi connectivity index (χ0n) is 17.0. The van der Waals surface area contributed by atoms with Gasteiger partial charge in [0.25, 0.3) is 0 Å². The molecule has 3 aromatic rings. The highest BCUT2D eigenvalue weighted by Gasteiger charge is 2.29. The van der Waals surface area contributed by atoms with Crippen molar-refractivity contribution < 1.29 is 28.5 Å². The van der Waals surface area contributed by atoms with Crippen LogP contribution in [0.5, 0.6) is 17.2 Å². The van der Waals surface area contributed by atoms with E-state index in [1.54, 1.807) is 30.3 Å². The molecule has 0 aliphatic carbocycles. The second kappa shape index (κ2) is 7.40. The van der Waals surface area contributed by atoms with Crippen LogP contribution in [0, 0.1) is 0 Å². The van der Waals surface area contributed by atoms with Crippen molar-refractivity contribution in [1.29, 1.82) is 0 Å². The number of hydrogen-bond acceptors (Lipinski definition) is 6. The molecule has 4 rings (SSSR count). The van der Waals surface area contributed by atoms with Crippen LogP contribution in [0.1, 0.15) is 26.5 Å². The second-order valence-electron chi connectivity index (χ2n) is 7.52. The van der Waals surface area contributed by atoms with Crippen LogP contribution in [0.25, 0.3) is 22.1 Å². The van der Waals surface area contributed by atoms with Crippen molar-refractivity contribution in [3.63, 3.8) is 0 Å². The van der Waals surface area contributed by atoms with Gasteiger partial charge < -0.3 is 23.7 Å². The summed E-state index contributed by atoms with van der Waals surface area (Å²) >= 11 is 0. The monoisotopic (exact) mass is 410 g/mol. The first kappa shape index (κ1) is 19.8. The average molecular weight is 410 g/mol. The number of fused-ring (bicyclic) bond motifs is 2. The van der Waals surface area contributed by atoms with E-state index in [0.717, 1.165) is 0 Å². The zero-order valence-corrected chi connectivity index (χ0v) is 17.0. The fraction of sp³-hybridized carbons (Fsp3) is 0.304. The van der Waals surface area contributed by atoms with Gasteiger partial charge >= 0.3 is 5.97 Å². The molecular weight excluding hydrogens is 388 g/mol. The molecule has 2 heterocycles. The number of carboxylic acids is 1. The predicted molar refractivity (Wildman–Crippen MR) is 111 cm³/mol. The van der Waals surface area contributed by atoms with Gasteiger partial charge in [-0.2, -0.15) is 0 Å². The van der Waals surface area contributed by atoms with Crippen LogP contribution in [0.4, 0.5) is 0 Å². The summed E-state index contributed by atoms with van der Waals surface area (Å²) in [6.07, 6.45) is 0.501. The molecule has 0 amide bonds. The molecule has 1 aliphatic rings. The number of aliphatic carboxylic acids is 1. The SMILES string of the molecule is CCc1oc2cc(OC(C)(C)C(=O)O)ccc2c(=O)c1-c1ccc2c(c1)OCCO2. The molecule has 7 nitrogen and oxygen atoms in total. The number of hydrogen-bond donors (Lipinski definition) is 1. The van der Waals surface area contributed by atoms with Crippen LogP contribution in [0.2, 0.25) is 0 Å². The quantitative estimate of drug-likeness (QED) is 0.678. The molecule has 1 aliphatic heterocycles. The number of aryl methyl sites for hydroxylation is 1. The lowest BCUT2D eigenvalue weighted by atomic mass is 10.00. The van der Waals surface area contributed by atoms with Crippen LogP contribution < -0.4 is 19.6 Å². The normalized spacial score (nSPS) is 13.3. The van der Waals surface area contributed by atoms with Gasteiger partial charge in [0.1, 0.15) is 30.3 Å². The Bertz CT molecular complexity index is 1190. The number of rotatable bonds is 5. The summed E-state index contributed by atoms with van der Waals surface area (Å²) < 4.78 is 22.8. The van der Waals surface area contributed by atoms with Gasteiger partial charge in [-0.25, -0.2) is 4.79 Å². The molecule has 0 radical (unpaired) electrons.